The van der Waals surface area contributed by atoms with Crippen molar-refractivity contribution in [1.29, 1.82) is 0 Å². The zero-order valence-electron chi connectivity index (χ0n) is 12.2. The number of hydrogen-bond acceptors (Lipinski definition) is 3. The first-order valence-electron chi connectivity index (χ1n) is 6.92. The molecule has 106 valence electrons. The molecule has 2 aromatic carbocycles. The second-order valence-electron chi connectivity index (χ2n) is 5.12. The molecule has 0 aliphatic heterocycles. The van der Waals surface area contributed by atoms with Crippen LogP contribution in [0, 0.1) is 13.8 Å². The third-order valence-electron chi connectivity index (χ3n) is 3.56. The average molecular weight is 279 g/mol. The number of benzene rings is 2. The van der Waals surface area contributed by atoms with Gasteiger partial charge in [0.1, 0.15) is 24.3 Å². The van der Waals surface area contributed by atoms with Crippen molar-refractivity contribution in [2.45, 2.75) is 20.5 Å². The standard InChI is InChI=1S/C18H17NO2/c1-13-3-4-15(11-14(13)2)12-20-17-7-5-16(6-8-17)18-9-10-21-19-18/h3-11H,12H2,1-2H3. The maximum Gasteiger partial charge on any atom is 0.124 e. The van der Waals surface area contributed by atoms with Crippen LogP contribution >= 0.6 is 0 Å². The Kier molecular flexibility index (Phi) is 3.73. The SMILES string of the molecule is Cc1ccc(COc2ccc(-c3ccon3)cc2)cc1C. The molecule has 0 saturated carbocycles. The lowest BCUT2D eigenvalue weighted by Gasteiger charge is -2.08. The van der Waals surface area contributed by atoms with E-state index < -0.39 is 0 Å². The van der Waals surface area contributed by atoms with E-state index in [2.05, 4.69) is 37.2 Å². The van der Waals surface area contributed by atoms with Gasteiger partial charge in [0.15, 0.2) is 0 Å². The Balaban J connectivity index is 1.66. The summed E-state index contributed by atoms with van der Waals surface area (Å²) in [5, 5.41) is 3.91. The molecule has 0 saturated heterocycles. The predicted octanol–water partition coefficient (Wildman–Crippen LogP) is 4.54. The van der Waals surface area contributed by atoms with Crippen LogP contribution in [0.25, 0.3) is 11.3 Å². The van der Waals surface area contributed by atoms with Crippen molar-refractivity contribution in [3.05, 3.63) is 71.5 Å². The molecule has 0 N–H and O–H groups in total. The first kappa shape index (κ1) is 13.4. The molecule has 0 aliphatic rings. The van der Waals surface area contributed by atoms with Gasteiger partial charge < -0.3 is 9.26 Å². The topological polar surface area (TPSA) is 35.3 Å². The predicted molar refractivity (Wildman–Crippen MR) is 82.2 cm³/mol. The van der Waals surface area contributed by atoms with Crippen molar-refractivity contribution in [2.75, 3.05) is 0 Å². The summed E-state index contributed by atoms with van der Waals surface area (Å²) in [6.07, 6.45) is 1.57. The molecule has 0 unspecified atom stereocenters. The Morgan fingerprint density at radius 1 is 0.952 bits per heavy atom. The Morgan fingerprint density at radius 3 is 2.43 bits per heavy atom. The normalized spacial score (nSPS) is 10.6. The summed E-state index contributed by atoms with van der Waals surface area (Å²) >= 11 is 0. The van der Waals surface area contributed by atoms with Gasteiger partial charge in [-0.2, -0.15) is 0 Å². The first-order valence-corrected chi connectivity index (χ1v) is 6.92. The van der Waals surface area contributed by atoms with Crippen molar-refractivity contribution in [3.63, 3.8) is 0 Å². The molecular weight excluding hydrogens is 262 g/mol. The van der Waals surface area contributed by atoms with E-state index in [4.69, 9.17) is 9.26 Å². The molecule has 3 heteroatoms. The number of hydrogen-bond donors (Lipinski definition) is 0. The minimum Gasteiger partial charge on any atom is -0.489 e. The Labute approximate surface area is 124 Å². The summed E-state index contributed by atoms with van der Waals surface area (Å²) in [4.78, 5) is 0. The van der Waals surface area contributed by atoms with Crippen LogP contribution in [-0.2, 0) is 6.61 Å². The number of aryl methyl sites for hydroxylation is 2. The molecular formula is C18H17NO2. The lowest BCUT2D eigenvalue weighted by Crippen LogP contribution is -1.96. The summed E-state index contributed by atoms with van der Waals surface area (Å²) in [7, 11) is 0. The molecule has 0 fully saturated rings. The van der Waals surface area contributed by atoms with Crippen molar-refractivity contribution in [3.8, 4) is 17.0 Å². The highest BCUT2D eigenvalue weighted by Gasteiger charge is 2.02. The van der Waals surface area contributed by atoms with Gasteiger partial charge in [0.25, 0.3) is 0 Å². The molecule has 3 rings (SSSR count). The van der Waals surface area contributed by atoms with E-state index in [1.807, 2.05) is 30.3 Å². The van der Waals surface area contributed by atoms with E-state index in [1.165, 1.54) is 16.7 Å². The fourth-order valence-corrected chi connectivity index (χ4v) is 2.14. The lowest BCUT2D eigenvalue weighted by molar-refractivity contribution is 0.306. The molecule has 1 aromatic heterocycles. The maximum absolute atomic E-state index is 5.82. The molecule has 0 atom stereocenters. The van der Waals surface area contributed by atoms with Gasteiger partial charge in [-0.1, -0.05) is 23.4 Å². The average Bonchev–Trinajstić information content (AvgIpc) is 3.03. The van der Waals surface area contributed by atoms with Gasteiger partial charge in [-0.25, -0.2) is 0 Å². The van der Waals surface area contributed by atoms with Crippen molar-refractivity contribution in [2.24, 2.45) is 0 Å². The van der Waals surface area contributed by atoms with E-state index in [1.54, 1.807) is 6.26 Å². The van der Waals surface area contributed by atoms with Crippen LogP contribution in [0.3, 0.4) is 0 Å². The highest BCUT2D eigenvalue weighted by molar-refractivity contribution is 5.59. The van der Waals surface area contributed by atoms with E-state index in [0.29, 0.717) is 6.61 Å². The second-order valence-corrected chi connectivity index (χ2v) is 5.12. The number of aromatic nitrogens is 1. The van der Waals surface area contributed by atoms with Gasteiger partial charge in [0.2, 0.25) is 0 Å². The molecule has 3 nitrogen and oxygen atoms in total. The minimum atomic E-state index is 0.574. The second kappa shape index (κ2) is 5.83. The van der Waals surface area contributed by atoms with E-state index >= 15 is 0 Å². The van der Waals surface area contributed by atoms with Crippen LogP contribution in [-0.4, -0.2) is 5.16 Å². The van der Waals surface area contributed by atoms with E-state index in [0.717, 1.165) is 17.0 Å². The smallest absolute Gasteiger partial charge is 0.124 e. The van der Waals surface area contributed by atoms with Crippen LogP contribution < -0.4 is 4.74 Å². The fraction of sp³-hybridized carbons (Fsp3) is 0.167. The largest absolute Gasteiger partial charge is 0.489 e. The number of nitrogens with zero attached hydrogens (tertiary/aromatic N) is 1. The fourth-order valence-electron chi connectivity index (χ4n) is 2.14. The molecule has 0 aliphatic carbocycles. The van der Waals surface area contributed by atoms with Gasteiger partial charge >= 0.3 is 0 Å². The van der Waals surface area contributed by atoms with Gasteiger partial charge in [0, 0.05) is 11.6 Å². The summed E-state index contributed by atoms with van der Waals surface area (Å²) < 4.78 is 10.7. The lowest BCUT2D eigenvalue weighted by atomic mass is 10.1. The third-order valence-corrected chi connectivity index (χ3v) is 3.56. The first-order chi connectivity index (χ1) is 10.2. The molecule has 0 radical (unpaired) electrons. The highest BCUT2D eigenvalue weighted by atomic mass is 16.5. The number of ether oxygens (including phenoxy) is 1. The summed E-state index contributed by atoms with van der Waals surface area (Å²) in [6, 6.07) is 16.1. The van der Waals surface area contributed by atoms with Crippen LogP contribution in [0.2, 0.25) is 0 Å². The van der Waals surface area contributed by atoms with E-state index in [-0.39, 0.29) is 0 Å². The third kappa shape index (κ3) is 3.14. The molecule has 0 amide bonds. The summed E-state index contributed by atoms with van der Waals surface area (Å²) in [5.74, 6) is 0.848. The molecule has 21 heavy (non-hydrogen) atoms. The Hall–Kier alpha value is -2.55. The van der Waals surface area contributed by atoms with Crippen molar-refractivity contribution < 1.29 is 9.26 Å². The van der Waals surface area contributed by atoms with Gasteiger partial charge in [-0.15, -0.1) is 0 Å². The summed E-state index contributed by atoms with van der Waals surface area (Å²) in [5.41, 5.74) is 5.62. The van der Waals surface area contributed by atoms with Gasteiger partial charge in [-0.05, 0) is 54.8 Å². The van der Waals surface area contributed by atoms with Gasteiger partial charge in [-0.3, -0.25) is 0 Å². The van der Waals surface area contributed by atoms with Crippen molar-refractivity contribution in [1.82, 2.24) is 5.16 Å². The Bertz CT molecular complexity index is 715. The van der Waals surface area contributed by atoms with Crippen molar-refractivity contribution >= 4 is 0 Å². The van der Waals surface area contributed by atoms with Crippen LogP contribution in [0.4, 0.5) is 0 Å². The zero-order valence-corrected chi connectivity index (χ0v) is 12.2. The molecule has 1 heterocycles. The quantitative estimate of drug-likeness (QED) is 0.703. The van der Waals surface area contributed by atoms with E-state index in [9.17, 15) is 0 Å². The zero-order chi connectivity index (χ0) is 14.7. The molecule has 0 spiro atoms. The van der Waals surface area contributed by atoms with Crippen LogP contribution in [0.1, 0.15) is 16.7 Å². The maximum atomic E-state index is 5.82. The summed E-state index contributed by atoms with van der Waals surface area (Å²) in [6.45, 7) is 4.80. The molecule has 3 aromatic rings. The minimum absolute atomic E-state index is 0.574. The monoisotopic (exact) mass is 279 g/mol. The highest BCUT2D eigenvalue weighted by Crippen LogP contribution is 2.21. The van der Waals surface area contributed by atoms with Gasteiger partial charge in [0.05, 0.1) is 0 Å². The molecule has 0 bridgehead atoms. The Morgan fingerprint density at radius 2 is 1.76 bits per heavy atom. The van der Waals surface area contributed by atoms with Crippen LogP contribution in [0.5, 0.6) is 5.75 Å². The van der Waals surface area contributed by atoms with Crippen LogP contribution in [0.15, 0.2) is 59.3 Å². The number of rotatable bonds is 4.